The van der Waals surface area contributed by atoms with Crippen molar-refractivity contribution in [3.05, 3.63) is 77.4 Å². The summed E-state index contributed by atoms with van der Waals surface area (Å²) < 4.78 is 32.8. The highest BCUT2D eigenvalue weighted by Crippen LogP contribution is 2.47. The van der Waals surface area contributed by atoms with E-state index < -0.39 is 11.8 Å². The van der Waals surface area contributed by atoms with Crippen LogP contribution < -0.4 is 28.4 Å². The number of hydrogen-bond donors (Lipinski definition) is 0. The quantitative estimate of drug-likeness (QED) is 0.158. The number of carbonyl (C=O) groups is 2. The van der Waals surface area contributed by atoms with Crippen molar-refractivity contribution < 1.29 is 38.0 Å². The van der Waals surface area contributed by atoms with E-state index in [9.17, 15) is 9.59 Å². The van der Waals surface area contributed by atoms with Crippen molar-refractivity contribution in [1.29, 1.82) is 0 Å². The minimum atomic E-state index is -0.556. The van der Waals surface area contributed by atoms with E-state index in [1.54, 1.807) is 24.3 Å². The van der Waals surface area contributed by atoms with Crippen molar-refractivity contribution in [2.24, 2.45) is 0 Å². The largest absolute Gasteiger partial charge is 0.493 e. The van der Waals surface area contributed by atoms with Gasteiger partial charge in [-0.3, -0.25) is 9.59 Å². The van der Waals surface area contributed by atoms with E-state index >= 15 is 0 Å². The Hall–Kier alpha value is -4.46. The standard InChI is InChI=1S/C28H28O8/c1-18(29)36-24-16-21(35-17-19-9-7-6-8-10-19)12-13-22(24)23(30)14-11-20-15-25(31-2)27(33-4)28(34-5)26(20)32-3/h6-16H,17H2,1-5H3. The second-order valence-corrected chi connectivity index (χ2v) is 7.49. The number of esters is 1. The molecule has 0 atom stereocenters. The lowest BCUT2D eigenvalue weighted by Gasteiger charge is -2.17. The summed E-state index contributed by atoms with van der Waals surface area (Å²) in [5.74, 6) is 1.07. The van der Waals surface area contributed by atoms with Crippen LogP contribution in [0.4, 0.5) is 0 Å². The SMILES string of the molecule is COc1cc(C=CC(=O)c2ccc(OCc3ccccc3)cc2OC(C)=O)c(OC)c(OC)c1OC. The van der Waals surface area contributed by atoms with Crippen LogP contribution in [0.15, 0.2) is 60.7 Å². The van der Waals surface area contributed by atoms with Crippen LogP contribution in [0.2, 0.25) is 0 Å². The molecule has 0 unspecified atom stereocenters. The van der Waals surface area contributed by atoms with Crippen molar-refractivity contribution in [3.8, 4) is 34.5 Å². The number of rotatable bonds is 11. The summed E-state index contributed by atoms with van der Waals surface area (Å²) in [6.45, 7) is 1.59. The molecule has 0 heterocycles. The first-order chi connectivity index (χ1) is 17.4. The Morgan fingerprint density at radius 1 is 0.778 bits per heavy atom. The highest BCUT2D eigenvalue weighted by Gasteiger charge is 2.21. The summed E-state index contributed by atoms with van der Waals surface area (Å²) in [6.07, 6.45) is 2.90. The first-order valence-corrected chi connectivity index (χ1v) is 11.0. The summed E-state index contributed by atoms with van der Waals surface area (Å²) in [5.41, 5.74) is 1.70. The summed E-state index contributed by atoms with van der Waals surface area (Å²) in [5, 5.41) is 0. The van der Waals surface area contributed by atoms with Gasteiger partial charge in [0.1, 0.15) is 18.1 Å². The van der Waals surface area contributed by atoms with Crippen LogP contribution in [0.5, 0.6) is 34.5 Å². The molecule has 0 aromatic heterocycles. The van der Waals surface area contributed by atoms with Crippen LogP contribution in [-0.2, 0) is 11.4 Å². The van der Waals surface area contributed by atoms with Crippen molar-refractivity contribution in [2.45, 2.75) is 13.5 Å². The molecule has 3 aromatic carbocycles. The van der Waals surface area contributed by atoms with Crippen LogP contribution in [0.3, 0.4) is 0 Å². The van der Waals surface area contributed by atoms with E-state index in [-0.39, 0.29) is 11.3 Å². The molecule has 0 aliphatic rings. The molecular formula is C28H28O8. The van der Waals surface area contributed by atoms with E-state index in [2.05, 4.69) is 0 Å². The van der Waals surface area contributed by atoms with Crippen molar-refractivity contribution in [3.63, 3.8) is 0 Å². The Balaban J connectivity index is 1.91. The lowest BCUT2D eigenvalue weighted by molar-refractivity contribution is -0.131. The molecule has 188 valence electrons. The Morgan fingerprint density at radius 3 is 2.08 bits per heavy atom. The van der Waals surface area contributed by atoms with E-state index in [0.29, 0.717) is 40.9 Å². The van der Waals surface area contributed by atoms with Gasteiger partial charge in [-0.1, -0.05) is 30.3 Å². The van der Waals surface area contributed by atoms with Gasteiger partial charge in [0.15, 0.2) is 17.3 Å². The maximum absolute atomic E-state index is 13.1. The van der Waals surface area contributed by atoms with E-state index in [4.69, 9.17) is 28.4 Å². The first kappa shape index (κ1) is 26.2. The molecule has 0 saturated heterocycles. The van der Waals surface area contributed by atoms with Crippen LogP contribution in [0, 0.1) is 0 Å². The second-order valence-electron chi connectivity index (χ2n) is 7.49. The van der Waals surface area contributed by atoms with E-state index in [1.807, 2.05) is 30.3 Å². The van der Waals surface area contributed by atoms with Crippen LogP contribution in [0.1, 0.15) is 28.4 Å². The van der Waals surface area contributed by atoms with Gasteiger partial charge in [0.2, 0.25) is 11.5 Å². The third-order valence-corrected chi connectivity index (χ3v) is 5.15. The summed E-state index contributed by atoms with van der Waals surface area (Å²) in [4.78, 5) is 24.8. The molecule has 0 radical (unpaired) electrons. The van der Waals surface area contributed by atoms with Gasteiger partial charge >= 0.3 is 5.97 Å². The number of methoxy groups -OCH3 is 4. The van der Waals surface area contributed by atoms with Crippen molar-refractivity contribution in [2.75, 3.05) is 28.4 Å². The highest BCUT2D eigenvalue weighted by molar-refractivity contribution is 6.09. The van der Waals surface area contributed by atoms with E-state index in [0.717, 1.165) is 5.56 Å². The molecule has 0 aliphatic heterocycles. The number of ether oxygens (including phenoxy) is 6. The maximum Gasteiger partial charge on any atom is 0.308 e. The molecule has 36 heavy (non-hydrogen) atoms. The highest BCUT2D eigenvalue weighted by atomic mass is 16.5. The van der Waals surface area contributed by atoms with Gasteiger partial charge in [0, 0.05) is 18.6 Å². The van der Waals surface area contributed by atoms with Gasteiger partial charge < -0.3 is 28.4 Å². The van der Waals surface area contributed by atoms with Crippen LogP contribution in [0.25, 0.3) is 6.08 Å². The average Bonchev–Trinajstić information content (AvgIpc) is 2.89. The Labute approximate surface area is 210 Å². The number of hydrogen-bond acceptors (Lipinski definition) is 8. The summed E-state index contributed by atoms with van der Waals surface area (Å²) in [7, 11) is 5.94. The Bertz CT molecular complexity index is 1250. The maximum atomic E-state index is 13.1. The molecule has 0 aliphatic carbocycles. The Morgan fingerprint density at radius 2 is 1.47 bits per heavy atom. The van der Waals surface area contributed by atoms with Crippen molar-refractivity contribution in [1.82, 2.24) is 0 Å². The fourth-order valence-electron chi connectivity index (χ4n) is 3.51. The molecule has 0 bridgehead atoms. The third kappa shape index (κ3) is 6.15. The molecule has 0 spiro atoms. The predicted octanol–water partition coefficient (Wildman–Crippen LogP) is 5.12. The zero-order chi connectivity index (χ0) is 26.1. The zero-order valence-electron chi connectivity index (χ0n) is 20.8. The second kappa shape index (κ2) is 12.3. The lowest BCUT2D eigenvalue weighted by Crippen LogP contribution is -2.07. The molecule has 3 aromatic rings. The smallest absolute Gasteiger partial charge is 0.308 e. The first-order valence-electron chi connectivity index (χ1n) is 11.0. The van der Waals surface area contributed by atoms with Gasteiger partial charge in [-0.15, -0.1) is 0 Å². The molecule has 0 fully saturated rings. The van der Waals surface area contributed by atoms with Crippen LogP contribution in [-0.4, -0.2) is 40.2 Å². The van der Waals surface area contributed by atoms with Gasteiger partial charge in [0.25, 0.3) is 0 Å². The van der Waals surface area contributed by atoms with Gasteiger partial charge in [0.05, 0.1) is 34.0 Å². The molecule has 0 N–H and O–H groups in total. The zero-order valence-corrected chi connectivity index (χ0v) is 20.8. The minimum Gasteiger partial charge on any atom is -0.493 e. The normalized spacial score (nSPS) is 10.6. The number of ketones is 1. The minimum absolute atomic E-state index is 0.0968. The molecule has 8 heteroatoms. The Kier molecular flexibility index (Phi) is 8.94. The molecule has 3 rings (SSSR count). The topological polar surface area (TPSA) is 89.5 Å². The molecule has 0 saturated carbocycles. The fraction of sp³-hybridized carbons (Fsp3) is 0.214. The monoisotopic (exact) mass is 492 g/mol. The summed E-state index contributed by atoms with van der Waals surface area (Å²) >= 11 is 0. The number of benzene rings is 3. The summed E-state index contributed by atoms with van der Waals surface area (Å²) in [6, 6.07) is 16.0. The fourth-order valence-corrected chi connectivity index (χ4v) is 3.51. The third-order valence-electron chi connectivity index (χ3n) is 5.15. The van der Waals surface area contributed by atoms with Gasteiger partial charge in [-0.25, -0.2) is 0 Å². The molecular weight excluding hydrogens is 464 g/mol. The van der Waals surface area contributed by atoms with E-state index in [1.165, 1.54) is 47.5 Å². The molecule has 0 amide bonds. The van der Waals surface area contributed by atoms with Crippen molar-refractivity contribution >= 4 is 17.8 Å². The average molecular weight is 493 g/mol. The molecule has 8 nitrogen and oxygen atoms in total. The predicted molar refractivity (Wildman–Crippen MR) is 135 cm³/mol. The van der Waals surface area contributed by atoms with Gasteiger partial charge in [-0.05, 0) is 35.9 Å². The van der Waals surface area contributed by atoms with Crippen LogP contribution >= 0.6 is 0 Å². The number of allylic oxidation sites excluding steroid dienone is 1. The lowest BCUT2D eigenvalue weighted by atomic mass is 10.1. The number of carbonyl (C=O) groups excluding carboxylic acids is 2. The van der Waals surface area contributed by atoms with Gasteiger partial charge in [-0.2, -0.15) is 0 Å².